The third-order valence-corrected chi connectivity index (χ3v) is 4.41. The van der Waals surface area contributed by atoms with E-state index in [4.69, 9.17) is 5.73 Å². The van der Waals surface area contributed by atoms with Crippen LogP contribution in [-0.4, -0.2) is 17.7 Å². The highest BCUT2D eigenvalue weighted by Gasteiger charge is 2.47. The van der Waals surface area contributed by atoms with Gasteiger partial charge in [-0.25, -0.2) is 0 Å². The highest BCUT2D eigenvalue weighted by atomic mass is 79.9. The molecule has 2 unspecified atom stereocenters. The Morgan fingerprint density at radius 2 is 2.29 bits per heavy atom. The Morgan fingerprint density at radius 1 is 1.47 bits per heavy atom. The molecular formula is C12H14BrN3O. The normalized spacial score (nSPS) is 31.4. The van der Waals surface area contributed by atoms with E-state index in [-0.39, 0.29) is 5.91 Å². The zero-order chi connectivity index (χ0) is 12.0. The second-order valence-corrected chi connectivity index (χ2v) is 5.59. The van der Waals surface area contributed by atoms with E-state index in [0.717, 1.165) is 17.3 Å². The average Bonchev–Trinajstić information content (AvgIpc) is 2.53. The van der Waals surface area contributed by atoms with Crippen LogP contribution in [0, 0.1) is 0 Å². The molecule has 0 saturated carbocycles. The lowest BCUT2D eigenvalue weighted by atomic mass is 9.78. The number of hydrogen-bond acceptors (Lipinski definition) is 3. The third-order valence-electron chi connectivity index (χ3n) is 3.66. The van der Waals surface area contributed by atoms with Crippen molar-refractivity contribution in [1.82, 2.24) is 10.6 Å². The molecule has 3 rings (SSSR count). The summed E-state index contributed by atoms with van der Waals surface area (Å²) in [6, 6.07) is 6.14. The molecule has 5 heteroatoms. The molecule has 1 spiro atoms. The minimum absolute atomic E-state index is 0.0237. The predicted octanol–water partition coefficient (Wildman–Crippen LogP) is 0.638. The maximum atomic E-state index is 12.0. The van der Waals surface area contributed by atoms with Gasteiger partial charge in [-0.2, -0.15) is 0 Å². The zero-order valence-electron chi connectivity index (χ0n) is 9.29. The number of amides is 1. The molecule has 1 aliphatic heterocycles. The monoisotopic (exact) mass is 295 g/mol. The van der Waals surface area contributed by atoms with Crippen LogP contribution in [0.3, 0.4) is 0 Å². The van der Waals surface area contributed by atoms with Gasteiger partial charge in [0.1, 0.15) is 11.8 Å². The first-order chi connectivity index (χ1) is 8.11. The van der Waals surface area contributed by atoms with Gasteiger partial charge in [-0.3, -0.25) is 15.8 Å². The number of carbonyl (C=O) groups excluding carboxylic acids is 1. The Hall–Kier alpha value is -0.910. The van der Waals surface area contributed by atoms with E-state index in [0.29, 0.717) is 6.42 Å². The number of nitrogens with one attached hydrogen (secondary N) is 2. The van der Waals surface area contributed by atoms with Crippen LogP contribution in [0.15, 0.2) is 22.7 Å². The van der Waals surface area contributed by atoms with E-state index >= 15 is 0 Å². The van der Waals surface area contributed by atoms with Gasteiger partial charge in [-0.15, -0.1) is 0 Å². The third kappa shape index (κ3) is 1.69. The lowest BCUT2D eigenvalue weighted by Gasteiger charge is -2.33. The molecule has 0 aromatic heterocycles. The van der Waals surface area contributed by atoms with Crippen molar-refractivity contribution >= 4 is 21.8 Å². The number of fused-ring (bicyclic) bond motifs is 1. The number of carbonyl (C=O) groups is 1. The quantitative estimate of drug-likeness (QED) is 0.658. The van der Waals surface area contributed by atoms with Crippen LogP contribution < -0.4 is 16.4 Å². The van der Waals surface area contributed by atoms with E-state index < -0.39 is 11.8 Å². The fourth-order valence-corrected chi connectivity index (χ4v) is 3.40. The SMILES string of the molecule is NC1NC(=O)C2(CCc3c(Br)cccc3C2)N1. The zero-order valence-corrected chi connectivity index (χ0v) is 10.9. The van der Waals surface area contributed by atoms with Crippen LogP contribution in [0.5, 0.6) is 0 Å². The summed E-state index contributed by atoms with van der Waals surface area (Å²) in [6.07, 6.45) is 1.98. The summed E-state index contributed by atoms with van der Waals surface area (Å²) >= 11 is 3.56. The molecule has 0 radical (unpaired) electrons. The molecule has 1 aliphatic carbocycles. The predicted molar refractivity (Wildman–Crippen MR) is 68.2 cm³/mol. The van der Waals surface area contributed by atoms with Gasteiger partial charge in [-0.05, 0) is 30.0 Å². The highest BCUT2D eigenvalue weighted by Crippen LogP contribution is 2.34. The van der Waals surface area contributed by atoms with Crippen LogP contribution in [0.1, 0.15) is 17.5 Å². The second kappa shape index (κ2) is 3.80. The molecule has 1 aromatic rings. The smallest absolute Gasteiger partial charge is 0.242 e. The van der Waals surface area contributed by atoms with Crippen LogP contribution in [0.4, 0.5) is 0 Å². The van der Waals surface area contributed by atoms with E-state index in [1.807, 2.05) is 12.1 Å². The molecule has 1 saturated heterocycles. The summed E-state index contributed by atoms with van der Waals surface area (Å²) in [4.78, 5) is 12.0. The van der Waals surface area contributed by atoms with Gasteiger partial charge in [0.05, 0.1) is 0 Å². The van der Waals surface area contributed by atoms with Crippen molar-refractivity contribution in [2.24, 2.45) is 5.73 Å². The molecular weight excluding hydrogens is 282 g/mol. The van der Waals surface area contributed by atoms with Crippen molar-refractivity contribution in [2.45, 2.75) is 31.1 Å². The summed E-state index contributed by atoms with van der Waals surface area (Å²) < 4.78 is 1.13. The topological polar surface area (TPSA) is 67.1 Å². The maximum Gasteiger partial charge on any atom is 0.242 e. The minimum atomic E-state index is -0.507. The fourth-order valence-electron chi connectivity index (χ4n) is 2.80. The first-order valence-electron chi connectivity index (χ1n) is 5.71. The van der Waals surface area contributed by atoms with Crippen LogP contribution >= 0.6 is 15.9 Å². The molecule has 90 valence electrons. The van der Waals surface area contributed by atoms with E-state index in [1.165, 1.54) is 11.1 Å². The van der Waals surface area contributed by atoms with Gasteiger partial charge in [0.2, 0.25) is 5.91 Å². The Kier molecular flexibility index (Phi) is 2.50. The number of halogens is 1. The molecule has 1 aromatic carbocycles. The number of benzene rings is 1. The largest absolute Gasteiger partial charge is 0.327 e. The lowest BCUT2D eigenvalue weighted by molar-refractivity contribution is -0.124. The molecule has 4 nitrogen and oxygen atoms in total. The Balaban J connectivity index is 1.98. The molecule has 2 atom stereocenters. The fraction of sp³-hybridized carbons (Fsp3) is 0.417. The van der Waals surface area contributed by atoms with Gasteiger partial charge >= 0.3 is 0 Å². The van der Waals surface area contributed by atoms with Crippen molar-refractivity contribution in [3.8, 4) is 0 Å². The summed E-state index contributed by atoms with van der Waals surface area (Å²) in [7, 11) is 0. The summed E-state index contributed by atoms with van der Waals surface area (Å²) in [6.45, 7) is 0. The van der Waals surface area contributed by atoms with E-state index in [1.54, 1.807) is 0 Å². The number of rotatable bonds is 0. The molecule has 2 aliphatic rings. The van der Waals surface area contributed by atoms with E-state index in [9.17, 15) is 4.79 Å². The van der Waals surface area contributed by atoms with Crippen molar-refractivity contribution in [3.63, 3.8) is 0 Å². The molecule has 4 N–H and O–H groups in total. The maximum absolute atomic E-state index is 12.0. The molecule has 17 heavy (non-hydrogen) atoms. The first kappa shape index (κ1) is 11.2. The van der Waals surface area contributed by atoms with Crippen molar-refractivity contribution in [2.75, 3.05) is 0 Å². The Morgan fingerprint density at radius 3 is 3.00 bits per heavy atom. The van der Waals surface area contributed by atoms with Crippen molar-refractivity contribution in [1.29, 1.82) is 0 Å². The summed E-state index contributed by atoms with van der Waals surface area (Å²) in [5.74, 6) is 0.0237. The summed E-state index contributed by atoms with van der Waals surface area (Å²) in [5.41, 5.74) is 7.76. The number of nitrogens with two attached hydrogens (primary N) is 1. The van der Waals surface area contributed by atoms with Crippen LogP contribution in [0.25, 0.3) is 0 Å². The Labute approximate surface area is 108 Å². The average molecular weight is 296 g/mol. The Bertz CT molecular complexity index is 491. The number of hydrogen-bond donors (Lipinski definition) is 3. The van der Waals surface area contributed by atoms with Gasteiger partial charge in [0, 0.05) is 10.9 Å². The van der Waals surface area contributed by atoms with Crippen LogP contribution in [-0.2, 0) is 17.6 Å². The van der Waals surface area contributed by atoms with Gasteiger partial charge in [0.25, 0.3) is 0 Å². The van der Waals surface area contributed by atoms with E-state index in [2.05, 4.69) is 32.6 Å². The first-order valence-corrected chi connectivity index (χ1v) is 6.51. The molecule has 1 fully saturated rings. The van der Waals surface area contributed by atoms with Gasteiger partial charge in [0.15, 0.2) is 0 Å². The van der Waals surface area contributed by atoms with Gasteiger partial charge < -0.3 is 5.32 Å². The minimum Gasteiger partial charge on any atom is -0.327 e. The lowest BCUT2D eigenvalue weighted by Crippen LogP contribution is -2.52. The molecule has 0 bridgehead atoms. The second-order valence-electron chi connectivity index (χ2n) is 4.73. The van der Waals surface area contributed by atoms with Gasteiger partial charge in [-0.1, -0.05) is 28.1 Å². The van der Waals surface area contributed by atoms with Crippen molar-refractivity contribution < 1.29 is 4.79 Å². The molecule has 1 heterocycles. The highest BCUT2D eigenvalue weighted by molar-refractivity contribution is 9.10. The summed E-state index contributed by atoms with van der Waals surface area (Å²) in [5, 5.41) is 5.92. The van der Waals surface area contributed by atoms with Crippen molar-refractivity contribution in [3.05, 3.63) is 33.8 Å². The van der Waals surface area contributed by atoms with Crippen LogP contribution in [0.2, 0.25) is 0 Å². The molecule has 1 amide bonds. The standard InChI is InChI=1S/C12H14BrN3O/c13-9-3-1-2-7-6-12(5-4-8(7)9)10(17)15-11(14)16-12/h1-3,11,16H,4-6,14H2,(H,15,17).